The highest BCUT2D eigenvalue weighted by Gasteiger charge is 2.30. The Labute approximate surface area is 123 Å². The number of anilines is 1. The van der Waals surface area contributed by atoms with Crippen molar-refractivity contribution in [2.75, 3.05) is 5.32 Å². The topological polar surface area (TPSA) is 75.1 Å². The van der Waals surface area contributed by atoms with Gasteiger partial charge in [-0.15, -0.1) is 10.2 Å². The number of aliphatic hydroxyl groups is 1. The number of carbonyl (C=O) groups excluding carboxylic acids is 1. The van der Waals surface area contributed by atoms with Gasteiger partial charge in [-0.2, -0.15) is 0 Å². The molecule has 1 fully saturated rings. The lowest BCUT2D eigenvalue weighted by molar-refractivity contribution is -0.121. The van der Waals surface area contributed by atoms with Crippen LogP contribution in [0.1, 0.15) is 69.7 Å². The molecule has 1 aromatic heterocycles. The predicted octanol–water partition coefficient (Wildman–Crippen LogP) is 3.08. The van der Waals surface area contributed by atoms with Crippen LogP contribution >= 0.6 is 11.3 Å². The number of nitrogens with one attached hydrogen (secondary N) is 1. The molecule has 0 aromatic carbocycles. The summed E-state index contributed by atoms with van der Waals surface area (Å²) in [6, 6.07) is 0. The third-order valence-corrected chi connectivity index (χ3v) is 4.54. The van der Waals surface area contributed by atoms with Gasteiger partial charge in [-0.25, -0.2) is 0 Å². The maximum absolute atomic E-state index is 12.0. The molecule has 20 heavy (non-hydrogen) atoms. The second kappa shape index (κ2) is 6.63. The second-order valence-electron chi connectivity index (χ2n) is 5.67. The summed E-state index contributed by atoms with van der Waals surface area (Å²) in [5.74, 6) is 0.378. The summed E-state index contributed by atoms with van der Waals surface area (Å²) in [6.07, 6.45) is 5.52. The normalized spacial score (nSPS) is 15.3. The fourth-order valence-electron chi connectivity index (χ4n) is 2.48. The molecule has 0 atom stereocenters. The maximum atomic E-state index is 12.0. The highest BCUT2D eigenvalue weighted by atomic mass is 32.1. The SMILES string of the molecule is CCCC(O)(CCC)CC(=O)Nc1nnc(C2CC2)s1. The molecule has 2 N–H and O–H groups in total. The zero-order valence-electron chi connectivity index (χ0n) is 12.2. The summed E-state index contributed by atoms with van der Waals surface area (Å²) in [7, 11) is 0. The van der Waals surface area contributed by atoms with E-state index in [9.17, 15) is 9.90 Å². The van der Waals surface area contributed by atoms with E-state index in [0.717, 1.165) is 17.8 Å². The van der Waals surface area contributed by atoms with Crippen LogP contribution in [0.15, 0.2) is 0 Å². The van der Waals surface area contributed by atoms with Crippen molar-refractivity contribution in [3.8, 4) is 0 Å². The van der Waals surface area contributed by atoms with Crippen molar-refractivity contribution < 1.29 is 9.90 Å². The van der Waals surface area contributed by atoms with Crippen molar-refractivity contribution >= 4 is 22.4 Å². The highest BCUT2D eigenvalue weighted by Crippen LogP contribution is 2.42. The molecule has 0 aliphatic heterocycles. The van der Waals surface area contributed by atoms with Gasteiger partial charge in [0.15, 0.2) is 0 Å². The molecule has 0 unspecified atom stereocenters. The van der Waals surface area contributed by atoms with E-state index >= 15 is 0 Å². The van der Waals surface area contributed by atoms with E-state index in [4.69, 9.17) is 0 Å². The van der Waals surface area contributed by atoms with Crippen LogP contribution in [0.3, 0.4) is 0 Å². The summed E-state index contributed by atoms with van der Waals surface area (Å²) in [6.45, 7) is 4.04. The Morgan fingerprint density at radius 3 is 2.55 bits per heavy atom. The van der Waals surface area contributed by atoms with Crippen LogP contribution in [0.25, 0.3) is 0 Å². The number of amides is 1. The fraction of sp³-hybridized carbons (Fsp3) is 0.786. The minimum absolute atomic E-state index is 0.132. The smallest absolute Gasteiger partial charge is 0.229 e. The van der Waals surface area contributed by atoms with Crippen molar-refractivity contribution in [3.63, 3.8) is 0 Å². The van der Waals surface area contributed by atoms with Crippen molar-refractivity contribution in [1.29, 1.82) is 0 Å². The van der Waals surface area contributed by atoms with Gasteiger partial charge in [0, 0.05) is 5.92 Å². The van der Waals surface area contributed by atoms with Crippen LogP contribution in [-0.4, -0.2) is 26.8 Å². The lowest BCUT2D eigenvalue weighted by atomic mass is 9.89. The number of nitrogens with zero attached hydrogens (tertiary/aromatic N) is 2. The Kier molecular flexibility index (Phi) is 5.10. The molecule has 5 nitrogen and oxygen atoms in total. The van der Waals surface area contributed by atoms with Crippen LogP contribution < -0.4 is 5.32 Å². The lowest BCUT2D eigenvalue weighted by Crippen LogP contribution is -2.33. The van der Waals surface area contributed by atoms with Gasteiger partial charge in [0.25, 0.3) is 0 Å². The summed E-state index contributed by atoms with van der Waals surface area (Å²) in [4.78, 5) is 12.0. The van der Waals surface area contributed by atoms with Gasteiger partial charge in [0.2, 0.25) is 11.0 Å². The highest BCUT2D eigenvalue weighted by molar-refractivity contribution is 7.15. The first kappa shape index (κ1) is 15.4. The van der Waals surface area contributed by atoms with E-state index in [1.807, 2.05) is 13.8 Å². The molecule has 1 saturated carbocycles. The van der Waals surface area contributed by atoms with E-state index in [1.165, 1.54) is 24.2 Å². The minimum atomic E-state index is -0.891. The first-order valence-electron chi connectivity index (χ1n) is 7.42. The second-order valence-corrected chi connectivity index (χ2v) is 6.68. The van der Waals surface area contributed by atoms with Crippen LogP contribution in [0.5, 0.6) is 0 Å². The van der Waals surface area contributed by atoms with Gasteiger partial charge in [0.1, 0.15) is 5.01 Å². The quantitative estimate of drug-likeness (QED) is 0.773. The monoisotopic (exact) mass is 297 g/mol. The molecule has 1 aliphatic carbocycles. The molecular weight excluding hydrogens is 274 g/mol. The van der Waals surface area contributed by atoms with Gasteiger partial charge in [-0.3, -0.25) is 4.79 Å². The third-order valence-electron chi connectivity index (χ3n) is 3.53. The molecule has 1 aliphatic rings. The molecule has 112 valence electrons. The van der Waals surface area contributed by atoms with Gasteiger partial charge in [0.05, 0.1) is 12.0 Å². The third kappa shape index (κ3) is 4.24. The van der Waals surface area contributed by atoms with E-state index in [0.29, 0.717) is 23.9 Å². The summed E-state index contributed by atoms with van der Waals surface area (Å²) in [5, 5.41) is 22.9. The van der Waals surface area contributed by atoms with Gasteiger partial charge in [-0.1, -0.05) is 38.0 Å². The van der Waals surface area contributed by atoms with Crippen LogP contribution in [0.4, 0.5) is 5.13 Å². The Hall–Kier alpha value is -1.01. The largest absolute Gasteiger partial charge is 0.389 e. The molecule has 1 aromatic rings. The van der Waals surface area contributed by atoms with E-state index in [-0.39, 0.29) is 12.3 Å². The molecule has 0 radical (unpaired) electrons. The molecule has 1 amide bonds. The van der Waals surface area contributed by atoms with E-state index in [1.54, 1.807) is 0 Å². The Bertz CT molecular complexity index is 451. The average molecular weight is 297 g/mol. The van der Waals surface area contributed by atoms with Crippen molar-refractivity contribution in [2.24, 2.45) is 0 Å². The van der Waals surface area contributed by atoms with Crippen LogP contribution in [0.2, 0.25) is 0 Å². The first-order valence-corrected chi connectivity index (χ1v) is 8.23. The molecule has 0 spiro atoms. The van der Waals surface area contributed by atoms with E-state index in [2.05, 4.69) is 15.5 Å². The Balaban J connectivity index is 1.89. The predicted molar refractivity (Wildman–Crippen MR) is 79.9 cm³/mol. The molecular formula is C14H23N3O2S. The maximum Gasteiger partial charge on any atom is 0.229 e. The van der Waals surface area contributed by atoms with Crippen molar-refractivity contribution in [3.05, 3.63) is 5.01 Å². The van der Waals surface area contributed by atoms with Crippen molar-refractivity contribution in [1.82, 2.24) is 10.2 Å². The fourth-order valence-corrected chi connectivity index (χ4v) is 3.40. The molecule has 1 heterocycles. The van der Waals surface area contributed by atoms with Crippen LogP contribution in [-0.2, 0) is 4.79 Å². The van der Waals surface area contributed by atoms with Crippen LogP contribution in [0, 0.1) is 0 Å². The summed E-state index contributed by atoms with van der Waals surface area (Å²) in [5.41, 5.74) is -0.891. The first-order chi connectivity index (χ1) is 9.56. The molecule has 2 rings (SSSR count). The zero-order chi connectivity index (χ0) is 14.6. The number of carbonyl (C=O) groups is 1. The van der Waals surface area contributed by atoms with Gasteiger partial charge in [-0.05, 0) is 25.7 Å². The summed E-state index contributed by atoms with van der Waals surface area (Å²) >= 11 is 1.45. The molecule has 0 saturated heterocycles. The number of hydrogen-bond acceptors (Lipinski definition) is 5. The minimum Gasteiger partial charge on any atom is -0.389 e. The van der Waals surface area contributed by atoms with E-state index < -0.39 is 5.60 Å². The van der Waals surface area contributed by atoms with Crippen molar-refractivity contribution in [2.45, 2.75) is 70.3 Å². The van der Waals surface area contributed by atoms with Gasteiger partial charge < -0.3 is 10.4 Å². The Morgan fingerprint density at radius 2 is 2.00 bits per heavy atom. The van der Waals surface area contributed by atoms with Gasteiger partial charge >= 0.3 is 0 Å². The zero-order valence-corrected chi connectivity index (χ0v) is 13.0. The number of hydrogen-bond donors (Lipinski definition) is 2. The standard InChI is InChI=1S/C14H23N3O2S/c1-3-7-14(19,8-4-2)9-11(18)15-13-17-16-12(20-13)10-5-6-10/h10,19H,3-9H2,1-2H3,(H,15,17,18). The number of rotatable bonds is 8. The average Bonchev–Trinajstić information content (AvgIpc) is 3.11. The molecule has 6 heteroatoms. The summed E-state index contributed by atoms with van der Waals surface area (Å²) < 4.78 is 0. The molecule has 0 bridgehead atoms. The Morgan fingerprint density at radius 1 is 1.35 bits per heavy atom. The lowest BCUT2D eigenvalue weighted by Gasteiger charge is -2.26. The number of aromatic nitrogens is 2.